The summed E-state index contributed by atoms with van der Waals surface area (Å²) in [6, 6.07) is 10.7. The number of phenolic OH excluding ortho intramolecular Hbond substituents is 1. The van der Waals surface area contributed by atoms with Crippen molar-refractivity contribution in [3.63, 3.8) is 0 Å². The minimum absolute atomic E-state index is 0. The molecule has 9 heteroatoms. The van der Waals surface area contributed by atoms with Crippen molar-refractivity contribution in [1.82, 2.24) is 5.32 Å². The van der Waals surface area contributed by atoms with Crippen molar-refractivity contribution in [3.05, 3.63) is 48.3 Å². The number of fused-ring (bicyclic) bond motifs is 1. The lowest BCUT2D eigenvalue weighted by Crippen LogP contribution is -2.32. The van der Waals surface area contributed by atoms with Gasteiger partial charge in [-0.15, -0.1) is 12.4 Å². The quantitative estimate of drug-likeness (QED) is 0.532. The molecule has 0 atom stereocenters. The number of halogens is 2. The van der Waals surface area contributed by atoms with Crippen molar-refractivity contribution in [2.75, 3.05) is 28.7 Å². The average Bonchev–Trinajstić information content (AvgIpc) is 2.79. The first kappa shape index (κ1) is 20.6. The molecular formula is C17H23ClFN3O3S. The molecule has 0 aliphatic carbocycles. The van der Waals surface area contributed by atoms with E-state index in [9.17, 15) is 18.6 Å². The number of phenols is 1. The second-order valence-corrected chi connectivity index (χ2v) is 7.61. The molecule has 144 valence electrons. The minimum atomic E-state index is -3.44. The number of nitrogens with zero attached hydrogens (tertiary/aromatic N) is 2. The lowest BCUT2D eigenvalue weighted by atomic mass is 10.2. The molecule has 26 heavy (non-hydrogen) atoms. The first-order valence-electron chi connectivity index (χ1n) is 8.05. The van der Waals surface area contributed by atoms with Crippen molar-refractivity contribution in [3.8, 4) is 5.75 Å². The number of aromatic hydroxyl groups is 1. The molecule has 0 radical (unpaired) electrons. The fraction of sp³-hybridized carbons (Fsp3) is 0.294. The van der Waals surface area contributed by atoms with Gasteiger partial charge >= 0.3 is 0 Å². The van der Waals surface area contributed by atoms with Crippen LogP contribution in [0.2, 0.25) is 0 Å². The fourth-order valence-electron chi connectivity index (χ4n) is 2.93. The smallest absolute Gasteiger partial charge is 0.152 e. The third-order valence-corrected chi connectivity index (χ3v) is 5.95. The zero-order valence-electron chi connectivity index (χ0n) is 14.3. The van der Waals surface area contributed by atoms with Crippen LogP contribution in [0.4, 0.5) is 21.5 Å². The van der Waals surface area contributed by atoms with Crippen LogP contribution in [0, 0.1) is 5.82 Å². The Morgan fingerprint density at radius 3 is 2.38 bits per heavy atom. The van der Waals surface area contributed by atoms with Gasteiger partial charge in [0, 0.05) is 12.6 Å². The van der Waals surface area contributed by atoms with Crippen LogP contribution < -0.4 is 13.9 Å². The first-order chi connectivity index (χ1) is 12.0. The molecule has 2 aromatic rings. The van der Waals surface area contributed by atoms with Crippen LogP contribution in [0.1, 0.15) is 12.8 Å². The van der Waals surface area contributed by atoms with E-state index in [-0.39, 0.29) is 23.8 Å². The van der Waals surface area contributed by atoms with Crippen LogP contribution in [0.3, 0.4) is 0 Å². The Bertz CT molecular complexity index is 766. The molecule has 0 aromatic heterocycles. The molecule has 4 N–H and O–H groups in total. The average molecular weight is 404 g/mol. The van der Waals surface area contributed by atoms with Crippen molar-refractivity contribution < 1.29 is 18.6 Å². The van der Waals surface area contributed by atoms with Crippen LogP contribution in [0.5, 0.6) is 5.75 Å². The Morgan fingerprint density at radius 2 is 1.73 bits per heavy atom. The maximum Gasteiger partial charge on any atom is 0.152 e. The monoisotopic (exact) mass is 403 g/mol. The third-order valence-electron chi connectivity index (χ3n) is 4.10. The van der Waals surface area contributed by atoms with Gasteiger partial charge < -0.3 is 10.4 Å². The Balaban J connectivity index is 0.00000243. The Morgan fingerprint density at radius 1 is 1.04 bits per heavy atom. The van der Waals surface area contributed by atoms with E-state index < -0.39 is 16.8 Å². The minimum Gasteiger partial charge on any atom is -0.508 e. The lowest BCUT2D eigenvalue weighted by molar-refractivity contribution is 0.467. The molecule has 0 spiro atoms. The van der Waals surface area contributed by atoms with E-state index in [1.807, 2.05) is 13.1 Å². The van der Waals surface area contributed by atoms with Gasteiger partial charge in [0.15, 0.2) is 5.82 Å². The number of benzene rings is 2. The molecule has 2 aromatic carbocycles. The second kappa shape index (κ2) is 8.32. The van der Waals surface area contributed by atoms with Crippen molar-refractivity contribution in [2.45, 2.75) is 12.8 Å². The summed E-state index contributed by atoms with van der Waals surface area (Å²) in [5.74, 6) is -0.930. The van der Waals surface area contributed by atoms with E-state index in [0.717, 1.165) is 25.5 Å². The van der Waals surface area contributed by atoms with Crippen LogP contribution >= 0.6 is 23.4 Å². The number of rotatable bonds is 6. The van der Waals surface area contributed by atoms with Crippen LogP contribution in [0.15, 0.2) is 42.5 Å². The largest absolute Gasteiger partial charge is 0.508 e. The summed E-state index contributed by atoms with van der Waals surface area (Å²) in [5.41, 5.74) is 1.20. The second-order valence-electron chi connectivity index (χ2n) is 5.82. The summed E-state index contributed by atoms with van der Waals surface area (Å²) in [6.07, 6.45) is 1.65. The summed E-state index contributed by atoms with van der Waals surface area (Å²) in [4.78, 5) is 0. The summed E-state index contributed by atoms with van der Waals surface area (Å²) in [5, 5.41) is 12.5. The van der Waals surface area contributed by atoms with E-state index in [0.29, 0.717) is 17.9 Å². The van der Waals surface area contributed by atoms with Crippen LogP contribution in [0.25, 0.3) is 0 Å². The summed E-state index contributed by atoms with van der Waals surface area (Å²) in [6.45, 7) is 1.28. The molecule has 0 saturated heterocycles. The summed E-state index contributed by atoms with van der Waals surface area (Å²) in [7, 11) is -1.57. The van der Waals surface area contributed by atoms with Crippen LogP contribution in [-0.2, 0) is 0 Å². The van der Waals surface area contributed by atoms with E-state index in [1.54, 1.807) is 18.2 Å². The standard InChI is InChI=1S/C17H22FN3O3S.ClH/c1-19-10-4-5-11-20-16-6-2-3-7-17(16)21(25(20,23)24)15-9-8-13(22)12-14(15)18;/h2-3,6-9,12,19,22-24H,4-5,10-11H2,1H3;1H. The Labute approximate surface area is 160 Å². The zero-order chi connectivity index (χ0) is 18.0. The maximum atomic E-state index is 14.4. The first-order valence-corrected chi connectivity index (χ1v) is 9.51. The molecule has 1 aliphatic rings. The highest BCUT2D eigenvalue weighted by Gasteiger charge is 2.42. The van der Waals surface area contributed by atoms with Crippen molar-refractivity contribution >= 4 is 40.4 Å². The highest BCUT2D eigenvalue weighted by molar-refractivity contribution is 8.27. The van der Waals surface area contributed by atoms with Gasteiger partial charge in [0.2, 0.25) is 0 Å². The molecule has 0 amide bonds. The van der Waals surface area contributed by atoms with E-state index >= 15 is 0 Å². The van der Waals surface area contributed by atoms with Gasteiger partial charge in [-0.05, 0) is 61.7 Å². The van der Waals surface area contributed by atoms with Gasteiger partial charge in [0.25, 0.3) is 0 Å². The molecule has 6 nitrogen and oxygen atoms in total. The molecular weight excluding hydrogens is 381 g/mol. The molecule has 1 aliphatic heterocycles. The van der Waals surface area contributed by atoms with E-state index in [1.165, 1.54) is 20.7 Å². The molecule has 3 rings (SSSR count). The zero-order valence-corrected chi connectivity index (χ0v) is 15.9. The van der Waals surface area contributed by atoms with E-state index in [2.05, 4.69) is 5.32 Å². The molecule has 1 heterocycles. The highest BCUT2D eigenvalue weighted by Crippen LogP contribution is 2.64. The lowest BCUT2D eigenvalue weighted by Gasteiger charge is -2.43. The molecule has 0 saturated carbocycles. The number of para-hydroxylation sites is 2. The predicted octanol–water partition coefficient (Wildman–Crippen LogP) is 4.49. The summed E-state index contributed by atoms with van der Waals surface area (Å²) >= 11 is 0. The van der Waals surface area contributed by atoms with Crippen molar-refractivity contribution in [2.24, 2.45) is 0 Å². The van der Waals surface area contributed by atoms with E-state index in [4.69, 9.17) is 0 Å². The molecule has 0 fully saturated rings. The van der Waals surface area contributed by atoms with Gasteiger partial charge in [-0.25, -0.2) is 8.70 Å². The summed E-state index contributed by atoms with van der Waals surface area (Å²) < 4.78 is 38.9. The van der Waals surface area contributed by atoms with Gasteiger partial charge in [0.05, 0.1) is 11.4 Å². The highest BCUT2D eigenvalue weighted by atomic mass is 35.5. The molecule has 0 bridgehead atoms. The predicted molar refractivity (Wildman–Crippen MR) is 107 cm³/mol. The normalized spacial score (nSPS) is 16.2. The third kappa shape index (κ3) is 3.70. The Kier molecular flexibility index (Phi) is 6.59. The van der Waals surface area contributed by atoms with Gasteiger partial charge in [-0.3, -0.25) is 13.4 Å². The van der Waals surface area contributed by atoms with Gasteiger partial charge in [0.1, 0.15) is 11.4 Å². The Hall–Kier alpha value is -1.71. The van der Waals surface area contributed by atoms with Crippen LogP contribution in [-0.4, -0.2) is 34.3 Å². The van der Waals surface area contributed by atoms with Crippen molar-refractivity contribution in [1.29, 1.82) is 0 Å². The number of nitrogens with one attached hydrogen (secondary N) is 1. The topological polar surface area (TPSA) is 79.2 Å². The molecule has 0 unspecified atom stereocenters. The maximum absolute atomic E-state index is 14.4. The van der Waals surface area contributed by atoms with Gasteiger partial charge in [-0.2, -0.15) is 0 Å². The number of hydrogen-bond donors (Lipinski definition) is 4. The van der Waals surface area contributed by atoms with Gasteiger partial charge in [-0.1, -0.05) is 12.1 Å². The number of unbranched alkanes of at least 4 members (excludes halogenated alkanes) is 1. The number of hydrogen-bond acceptors (Lipinski definition) is 6. The SMILES string of the molecule is CNCCCCN1c2ccccc2N(c2ccc(O)cc2F)S1(O)O.Cl. The number of anilines is 3. The fourth-order valence-corrected chi connectivity index (χ4v) is 4.75.